The van der Waals surface area contributed by atoms with E-state index in [0.29, 0.717) is 40.8 Å². The lowest BCUT2D eigenvalue weighted by Gasteiger charge is -2.12. The Morgan fingerprint density at radius 2 is 1.65 bits per heavy atom. The van der Waals surface area contributed by atoms with E-state index in [1.165, 1.54) is 7.11 Å². The van der Waals surface area contributed by atoms with E-state index in [9.17, 15) is 9.59 Å². The van der Waals surface area contributed by atoms with Crippen LogP contribution in [0.3, 0.4) is 0 Å². The lowest BCUT2D eigenvalue weighted by molar-refractivity contribution is -0.116. The average molecular weight is 356 g/mol. The van der Waals surface area contributed by atoms with Crippen molar-refractivity contribution in [3.63, 3.8) is 0 Å². The number of rotatable bonds is 7. The molecule has 138 valence electrons. The first kappa shape index (κ1) is 19.3. The molecule has 6 heteroatoms. The van der Waals surface area contributed by atoms with E-state index < -0.39 is 0 Å². The minimum Gasteiger partial charge on any atom is -0.497 e. The molecule has 0 fully saturated rings. The summed E-state index contributed by atoms with van der Waals surface area (Å²) in [5, 5.41) is 5.62. The van der Waals surface area contributed by atoms with E-state index in [1.54, 1.807) is 49.6 Å². The topological polar surface area (TPSA) is 76.7 Å². The molecule has 0 unspecified atom stereocenters. The van der Waals surface area contributed by atoms with Crippen molar-refractivity contribution in [1.29, 1.82) is 0 Å². The fraction of sp³-hybridized carbons (Fsp3) is 0.300. The van der Waals surface area contributed by atoms with Gasteiger partial charge in [0.1, 0.15) is 11.5 Å². The van der Waals surface area contributed by atoms with Gasteiger partial charge in [-0.15, -0.1) is 0 Å². The fourth-order valence-electron chi connectivity index (χ4n) is 2.38. The number of nitrogens with one attached hydrogen (secondary N) is 2. The highest BCUT2D eigenvalue weighted by atomic mass is 16.5. The molecule has 0 bridgehead atoms. The van der Waals surface area contributed by atoms with Crippen LogP contribution in [0.25, 0.3) is 0 Å². The number of ether oxygens (including phenoxy) is 2. The number of carbonyl (C=O) groups is 2. The van der Waals surface area contributed by atoms with Crippen LogP contribution in [-0.2, 0) is 4.79 Å². The first-order chi connectivity index (χ1) is 12.4. The van der Waals surface area contributed by atoms with Crippen LogP contribution in [-0.4, -0.2) is 26.0 Å². The highest BCUT2D eigenvalue weighted by Crippen LogP contribution is 2.29. The third kappa shape index (κ3) is 5.24. The van der Waals surface area contributed by atoms with Gasteiger partial charge in [0.15, 0.2) is 0 Å². The number of anilines is 2. The summed E-state index contributed by atoms with van der Waals surface area (Å²) in [6, 6.07) is 11.9. The van der Waals surface area contributed by atoms with Gasteiger partial charge in [0.2, 0.25) is 5.91 Å². The zero-order chi connectivity index (χ0) is 19.1. The van der Waals surface area contributed by atoms with E-state index in [-0.39, 0.29) is 11.8 Å². The van der Waals surface area contributed by atoms with Gasteiger partial charge < -0.3 is 20.1 Å². The molecule has 0 aliphatic carbocycles. The molecule has 2 amide bonds. The maximum atomic E-state index is 12.4. The largest absolute Gasteiger partial charge is 0.497 e. The average Bonchev–Trinajstić information content (AvgIpc) is 2.61. The Morgan fingerprint density at radius 3 is 2.23 bits per heavy atom. The third-order valence-electron chi connectivity index (χ3n) is 3.68. The zero-order valence-corrected chi connectivity index (χ0v) is 15.5. The highest BCUT2D eigenvalue weighted by molar-refractivity contribution is 6.05. The second-order valence-electron chi connectivity index (χ2n) is 6.24. The van der Waals surface area contributed by atoms with Crippen LogP contribution in [0.15, 0.2) is 42.5 Å². The summed E-state index contributed by atoms with van der Waals surface area (Å²) >= 11 is 0. The van der Waals surface area contributed by atoms with Crippen LogP contribution in [0.1, 0.15) is 30.6 Å². The van der Waals surface area contributed by atoms with E-state index in [2.05, 4.69) is 10.6 Å². The molecule has 0 aliphatic heterocycles. The van der Waals surface area contributed by atoms with Gasteiger partial charge in [-0.2, -0.15) is 0 Å². The van der Waals surface area contributed by atoms with Crippen LogP contribution >= 0.6 is 0 Å². The second-order valence-corrected chi connectivity index (χ2v) is 6.24. The smallest absolute Gasteiger partial charge is 0.255 e. The van der Waals surface area contributed by atoms with Crippen LogP contribution in [0.2, 0.25) is 0 Å². The molecule has 26 heavy (non-hydrogen) atoms. The van der Waals surface area contributed by atoms with Crippen molar-refractivity contribution in [3.8, 4) is 11.5 Å². The molecule has 0 aliphatic rings. The Bertz CT molecular complexity index is 770. The lowest BCUT2D eigenvalue weighted by atomic mass is 10.1. The van der Waals surface area contributed by atoms with Gasteiger partial charge in [0.25, 0.3) is 5.91 Å². The van der Waals surface area contributed by atoms with Crippen molar-refractivity contribution in [2.75, 3.05) is 24.9 Å². The Labute approximate surface area is 153 Å². The van der Waals surface area contributed by atoms with E-state index in [1.807, 2.05) is 13.8 Å². The minimum atomic E-state index is -0.270. The normalized spacial score (nSPS) is 10.3. The van der Waals surface area contributed by atoms with E-state index in [0.717, 1.165) is 0 Å². The summed E-state index contributed by atoms with van der Waals surface area (Å²) in [7, 11) is 3.09. The number of carbonyl (C=O) groups excluding carboxylic acids is 2. The molecule has 6 nitrogen and oxygen atoms in total. The summed E-state index contributed by atoms with van der Waals surface area (Å²) in [5.41, 5.74) is 1.69. The van der Waals surface area contributed by atoms with Crippen LogP contribution < -0.4 is 20.1 Å². The number of methoxy groups -OCH3 is 2. The second kappa shape index (κ2) is 8.89. The molecule has 2 rings (SSSR count). The molecule has 0 saturated carbocycles. The van der Waals surface area contributed by atoms with Crippen LogP contribution in [0.5, 0.6) is 11.5 Å². The summed E-state index contributed by atoms with van der Waals surface area (Å²) in [6.07, 6.45) is 0.458. The highest BCUT2D eigenvalue weighted by Gasteiger charge is 2.11. The quantitative estimate of drug-likeness (QED) is 0.788. The monoisotopic (exact) mass is 356 g/mol. The van der Waals surface area contributed by atoms with Crippen molar-refractivity contribution >= 4 is 23.2 Å². The summed E-state index contributed by atoms with van der Waals surface area (Å²) in [5.74, 6) is 1.13. The maximum Gasteiger partial charge on any atom is 0.255 e. The fourth-order valence-corrected chi connectivity index (χ4v) is 2.38. The van der Waals surface area contributed by atoms with Gasteiger partial charge in [0.05, 0.1) is 19.9 Å². The summed E-state index contributed by atoms with van der Waals surface area (Å²) in [4.78, 5) is 24.2. The van der Waals surface area contributed by atoms with Gasteiger partial charge in [-0.1, -0.05) is 13.8 Å². The number of hydrogen-bond acceptors (Lipinski definition) is 4. The predicted octanol–water partition coefficient (Wildman–Crippen LogP) is 3.94. The molecular formula is C20H24N2O4. The number of amides is 2. The molecule has 0 heterocycles. The van der Waals surface area contributed by atoms with Crippen LogP contribution in [0.4, 0.5) is 11.4 Å². The number of benzene rings is 2. The summed E-state index contributed by atoms with van der Waals surface area (Å²) in [6.45, 7) is 3.97. The third-order valence-corrected chi connectivity index (χ3v) is 3.68. The molecule has 0 saturated heterocycles. The van der Waals surface area contributed by atoms with Gasteiger partial charge in [-0.3, -0.25) is 9.59 Å². The Hall–Kier alpha value is -3.02. The molecule has 0 atom stereocenters. The van der Waals surface area contributed by atoms with Crippen molar-refractivity contribution in [2.24, 2.45) is 5.92 Å². The van der Waals surface area contributed by atoms with Crippen molar-refractivity contribution in [2.45, 2.75) is 20.3 Å². The molecule has 0 aromatic heterocycles. The van der Waals surface area contributed by atoms with Gasteiger partial charge >= 0.3 is 0 Å². The SMILES string of the molecule is COc1ccc(NC(=O)c2ccc(NC(=O)CC(C)C)cc2)c(OC)c1. The first-order valence-electron chi connectivity index (χ1n) is 8.36. The maximum absolute atomic E-state index is 12.4. The molecule has 0 radical (unpaired) electrons. The van der Waals surface area contributed by atoms with Gasteiger partial charge in [-0.25, -0.2) is 0 Å². The molecule has 2 N–H and O–H groups in total. The van der Waals surface area contributed by atoms with E-state index >= 15 is 0 Å². The zero-order valence-electron chi connectivity index (χ0n) is 15.5. The lowest BCUT2D eigenvalue weighted by Crippen LogP contribution is -2.15. The van der Waals surface area contributed by atoms with E-state index in [4.69, 9.17) is 9.47 Å². The molecular weight excluding hydrogens is 332 g/mol. The predicted molar refractivity (Wildman–Crippen MR) is 102 cm³/mol. The van der Waals surface area contributed by atoms with Crippen LogP contribution in [0, 0.1) is 5.92 Å². The van der Waals surface area contributed by atoms with Gasteiger partial charge in [0, 0.05) is 23.7 Å². The summed E-state index contributed by atoms with van der Waals surface area (Å²) < 4.78 is 10.4. The van der Waals surface area contributed by atoms with Gasteiger partial charge in [-0.05, 0) is 42.3 Å². The molecule has 2 aromatic rings. The Kier molecular flexibility index (Phi) is 6.60. The van der Waals surface area contributed by atoms with Crippen molar-refractivity contribution in [3.05, 3.63) is 48.0 Å². The standard InChI is InChI=1S/C20H24N2O4/c1-13(2)11-19(23)21-15-7-5-14(6-8-15)20(24)22-17-10-9-16(25-3)12-18(17)26-4/h5-10,12-13H,11H2,1-4H3,(H,21,23)(H,22,24). The Balaban J connectivity index is 2.05. The van der Waals surface area contributed by atoms with Crippen molar-refractivity contribution < 1.29 is 19.1 Å². The first-order valence-corrected chi connectivity index (χ1v) is 8.36. The minimum absolute atomic E-state index is 0.0415. The molecule has 2 aromatic carbocycles. The van der Waals surface area contributed by atoms with Crippen molar-refractivity contribution in [1.82, 2.24) is 0 Å². The number of hydrogen-bond donors (Lipinski definition) is 2. The molecule has 0 spiro atoms. The Morgan fingerprint density at radius 1 is 0.962 bits per heavy atom.